The van der Waals surface area contributed by atoms with Gasteiger partial charge >= 0.3 is 0 Å². The minimum Gasteiger partial charge on any atom is -0.409 e. The smallest absolute Gasteiger partial charge is 0.251 e. The molecule has 4 N–H and O–H groups in total. The number of nitrogens with two attached hydrogens (primary N) is 1. The van der Waals surface area contributed by atoms with Crippen molar-refractivity contribution in [3.63, 3.8) is 0 Å². The van der Waals surface area contributed by atoms with Gasteiger partial charge in [-0.25, -0.2) is 0 Å². The summed E-state index contributed by atoms with van der Waals surface area (Å²) in [5.41, 5.74) is 7.10. The van der Waals surface area contributed by atoms with Crippen molar-refractivity contribution in [2.24, 2.45) is 10.9 Å². The highest BCUT2D eigenvalue weighted by Gasteiger charge is 2.12. The molecule has 5 nitrogen and oxygen atoms in total. The van der Waals surface area contributed by atoms with Gasteiger partial charge in [-0.1, -0.05) is 24.2 Å². The number of amidine groups is 1. The molecule has 1 aromatic carbocycles. The van der Waals surface area contributed by atoms with Gasteiger partial charge in [-0.15, -0.1) is 0 Å². The van der Waals surface area contributed by atoms with Crippen molar-refractivity contribution in [3.05, 3.63) is 35.4 Å². The molecule has 1 amide bonds. The molecule has 5 heteroatoms. The molecule has 1 aromatic rings. The van der Waals surface area contributed by atoms with E-state index in [-0.39, 0.29) is 11.7 Å². The maximum Gasteiger partial charge on any atom is 0.251 e. The Balaban J connectivity index is 2.69. The lowest BCUT2D eigenvalue weighted by Crippen LogP contribution is -2.42. The van der Waals surface area contributed by atoms with Crippen molar-refractivity contribution in [2.45, 2.75) is 26.3 Å². The van der Waals surface area contributed by atoms with Crippen LogP contribution in [0.2, 0.25) is 0 Å². The normalized spacial score (nSPS) is 13.2. The van der Waals surface area contributed by atoms with Gasteiger partial charge in [0.1, 0.15) is 0 Å². The van der Waals surface area contributed by atoms with E-state index in [1.807, 2.05) is 12.1 Å². The lowest BCUT2D eigenvalue weighted by Gasteiger charge is -2.12. The molecule has 1 atom stereocenters. The van der Waals surface area contributed by atoms with E-state index in [4.69, 9.17) is 10.9 Å². The number of nitrogens with zero attached hydrogens (tertiary/aromatic N) is 1. The second kappa shape index (κ2) is 5.89. The fourth-order valence-corrected chi connectivity index (χ4v) is 1.33. The van der Waals surface area contributed by atoms with Crippen LogP contribution in [0.5, 0.6) is 0 Å². The molecule has 0 aromatic heterocycles. The zero-order valence-corrected chi connectivity index (χ0v) is 9.97. The fourth-order valence-electron chi connectivity index (χ4n) is 1.33. The molecule has 0 aliphatic rings. The Morgan fingerprint density at radius 1 is 1.47 bits per heavy atom. The Labute approximate surface area is 100 Å². The Morgan fingerprint density at radius 3 is 2.53 bits per heavy atom. The molecule has 0 saturated carbocycles. The number of nitrogens with one attached hydrogen (secondary N) is 1. The summed E-state index contributed by atoms with van der Waals surface area (Å²) in [7, 11) is 0. The lowest BCUT2D eigenvalue weighted by molar-refractivity contribution is 0.0948. The van der Waals surface area contributed by atoms with E-state index >= 15 is 0 Å². The second-order valence-electron chi connectivity index (χ2n) is 3.77. The van der Waals surface area contributed by atoms with Crippen LogP contribution >= 0.6 is 0 Å². The summed E-state index contributed by atoms with van der Waals surface area (Å²) < 4.78 is 0. The van der Waals surface area contributed by atoms with Crippen molar-refractivity contribution in [2.75, 3.05) is 0 Å². The van der Waals surface area contributed by atoms with Crippen molar-refractivity contribution in [1.82, 2.24) is 5.32 Å². The van der Waals surface area contributed by atoms with Gasteiger partial charge in [-0.05, 0) is 31.0 Å². The van der Waals surface area contributed by atoms with E-state index in [1.165, 1.54) is 5.56 Å². The molecule has 17 heavy (non-hydrogen) atoms. The minimum atomic E-state index is -0.502. The van der Waals surface area contributed by atoms with Crippen LogP contribution in [-0.4, -0.2) is 23.0 Å². The molecule has 0 fully saturated rings. The standard InChI is InChI=1S/C12H17N3O2/c1-3-9-4-6-10(7-5-9)12(16)14-8(2)11(13)15-17/h4-8,17H,3H2,1-2H3,(H2,13,15)(H,14,16). The average Bonchev–Trinajstić information content (AvgIpc) is 2.37. The third kappa shape index (κ3) is 3.48. The Kier molecular flexibility index (Phi) is 4.51. The van der Waals surface area contributed by atoms with E-state index in [9.17, 15) is 4.79 Å². The highest BCUT2D eigenvalue weighted by atomic mass is 16.4. The molecule has 0 radical (unpaired) electrons. The quantitative estimate of drug-likeness (QED) is 0.316. The number of hydrogen-bond donors (Lipinski definition) is 3. The first kappa shape index (κ1) is 13.0. The fraction of sp³-hybridized carbons (Fsp3) is 0.333. The summed E-state index contributed by atoms with van der Waals surface area (Å²) in [6.45, 7) is 3.70. The van der Waals surface area contributed by atoms with Gasteiger partial charge in [0.15, 0.2) is 5.84 Å². The summed E-state index contributed by atoms with van der Waals surface area (Å²) in [6.07, 6.45) is 0.933. The number of carbonyl (C=O) groups excluding carboxylic acids is 1. The number of aryl methyl sites for hydroxylation is 1. The zero-order chi connectivity index (χ0) is 12.8. The molecule has 0 saturated heterocycles. The van der Waals surface area contributed by atoms with Crippen LogP contribution in [0.25, 0.3) is 0 Å². The SMILES string of the molecule is CCc1ccc(C(=O)NC(C)/C(N)=N/O)cc1. The Morgan fingerprint density at radius 2 is 2.06 bits per heavy atom. The van der Waals surface area contributed by atoms with Gasteiger partial charge in [0.05, 0.1) is 6.04 Å². The first-order chi connectivity index (χ1) is 8.08. The van der Waals surface area contributed by atoms with Crippen LogP contribution < -0.4 is 11.1 Å². The van der Waals surface area contributed by atoms with E-state index in [0.717, 1.165) is 6.42 Å². The molecule has 0 bridgehead atoms. The minimum absolute atomic E-state index is 0.0245. The monoisotopic (exact) mass is 235 g/mol. The summed E-state index contributed by atoms with van der Waals surface area (Å²) in [6, 6.07) is 6.82. The molecule has 1 unspecified atom stereocenters. The Bertz CT molecular complexity index is 412. The van der Waals surface area contributed by atoms with E-state index in [2.05, 4.69) is 17.4 Å². The predicted molar refractivity (Wildman–Crippen MR) is 66.2 cm³/mol. The van der Waals surface area contributed by atoms with Crippen molar-refractivity contribution < 1.29 is 10.0 Å². The van der Waals surface area contributed by atoms with Crippen LogP contribution in [0.15, 0.2) is 29.4 Å². The molecule has 0 spiro atoms. The molecular weight excluding hydrogens is 218 g/mol. The van der Waals surface area contributed by atoms with Crippen LogP contribution in [0.3, 0.4) is 0 Å². The zero-order valence-electron chi connectivity index (χ0n) is 9.97. The topological polar surface area (TPSA) is 87.7 Å². The summed E-state index contributed by atoms with van der Waals surface area (Å²) >= 11 is 0. The van der Waals surface area contributed by atoms with E-state index in [0.29, 0.717) is 5.56 Å². The van der Waals surface area contributed by atoms with Gasteiger partial charge in [0.25, 0.3) is 5.91 Å². The third-order valence-electron chi connectivity index (χ3n) is 2.53. The largest absolute Gasteiger partial charge is 0.409 e. The maximum atomic E-state index is 11.8. The van der Waals surface area contributed by atoms with Gasteiger partial charge in [-0.2, -0.15) is 0 Å². The highest BCUT2D eigenvalue weighted by molar-refractivity contribution is 5.98. The van der Waals surface area contributed by atoms with E-state index < -0.39 is 6.04 Å². The van der Waals surface area contributed by atoms with Crippen molar-refractivity contribution in [1.29, 1.82) is 0 Å². The summed E-state index contributed by atoms with van der Waals surface area (Å²) in [4.78, 5) is 11.8. The number of hydrogen-bond acceptors (Lipinski definition) is 3. The molecule has 92 valence electrons. The first-order valence-corrected chi connectivity index (χ1v) is 5.45. The second-order valence-corrected chi connectivity index (χ2v) is 3.77. The molecule has 1 rings (SSSR count). The molecule has 0 heterocycles. The van der Waals surface area contributed by atoms with Crippen molar-refractivity contribution in [3.8, 4) is 0 Å². The van der Waals surface area contributed by atoms with Gasteiger partial charge in [0, 0.05) is 5.56 Å². The van der Waals surface area contributed by atoms with Crippen LogP contribution in [0.4, 0.5) is 0 Å². The third-order valence-corrected chi connectivity index (χ3v) is 2.53. The Hall–Kier alpha value is -2.04. The van der Waals surface area contributed by atoms with Gasteiger partial charge in [-0.3, -0.25) is 4.79 Å². The molecular formula is C12H17N3O2. The van der Waals surface area contributed by atoms with Gasteiger partial charge in [0.2, 0.25) is 0 Å². The maximum absolute atomic E-state index is 11.8. The van der Waals surface area contributed by atoms with Crippen molar-refractivity contribution >= 4 is 11.7 Å². The number of rotatable bonds is 4. The van der Waals surface area contributed by atoms with Crippen LogP contribution in [-0.2, 0) is 6.42 Å². The highest BCUT2D eigenvalue weighted by Crippen LogP contribution is 2.05. The lowest BCUT2D eigenvalue weighted by atomic mass is 10.1. The first-order valence-electron chi connectivity index (χ1n) is 5.45. The summed E-state index contributed by atoms with van der Waals surface area (Å²) in [5.74, 6) is -0.268. The van der Waals surface area contributed by atoms with Crippen LogP contribution in [0.1, 0.15) is 29.8 Å². The number of oxime groups is 1. The number of carbonyl (C=O) groups is 1. The predicted octanol–water partition coefficient (Wildman–Crippen LogP) is 1.11. The molecule has 0 aliphatic carbocycles. The van der Waals surface area contributed by atoms with E-state index in [1.54, 1.807) is 19.1 Å². The number of amides is 1. The molecule has 0 aliphatic heterocycles. The average molecular weight is 235 g/mol. The van der Waals surface area contributed by atoms with Crippen LogP contribution in [0, 0.1) is 0 Å². The number of benzene rings is 1. The summed E-state index contributed by atoms with van der Waals surface area (Å²) in [5, 5.41) is 13.9. The van der Waals surface area contributed by atoms with Gasteiger partial charge < -0.3 is 16.3 Å².